The van der Waals surface area contributed by atoms with Gasteiger partial charge >= 0.3 is 0 Å². The van der Waals surface area contributed by atoms with Crippen LogP contribution < -0.4 is 11.1 Å². The van der Waals surface area contributed by atoms with Crippen molar-refractivity contribution in [3.8, 4) is 0 Å². The van der Waals surface area contributed by atoms with E-state index in [2.05, 4.69) is 21.2 Å². The Labute approximate surface area is 115 Å². The number of hydrogen-bond donors (Lipinski definition) is 2. The quantitative estimate of drug-likeness (QED) is 0.875. The summed E-state index contributed by atoms with van der Waals surface area (Å²) in [4.78, 5) is 11.7. The van der Waals surface area contributed by atoms with Crippen LogP contribution in [0.15, 0.2) is 28.7 Å². The molecule has 1 amide bonds. The summed E-state index contributed by atoms with van der Waals surface area (Å²) in [6.07, 6.45) is 2.14. The lowest BCUT2D eigenvalue weighted by atomic mass is 9.82. The van der Waals surface area contributed by atoms with Gasteiger partial charge in [0.05, 0.1) is 11.8 Å². The number of rotatable bonds is 5. The summed E-state index contributed by atoms with van der Waals surface area (Å²) in [6, 6.07) is 7.50. The second kappa shape index (κ2) is 6.31. The van der Waals surface area contributed by atoms with E-state index in [-0.39, 0.29) is 18.6 Å². The van der Waals surface area contributed by atoms with Crippen LogP contribution in [0, 0.1) is 5.92 Å². The predicted octanol–water partition coefficient (Wildman–Crippen LogP) is 2.14. The number of carbonyl (C=O) groups excluding carboxylic acids is 1. The first-order chi connectivity index (χ1) is 8.69. The number of carbonyl (C=O) groups is 1. The monoisotopic (exact) mass is 312 g/mol. The van der Waals surface area contributed by atoms with Gasteiger partial charge < -0.3 is 15.8 Å². The van der Waals surface area contributed by atoms with Gasteiger partial charge in [-0.1, -0.05) is 12.1 Å². The van der Waals surface area contributed by atoms with Crippen molar-refractivity contribution in [1.29, 1.82) is 0 Å². The van der Waals surface area contributed by atoms with Crippen LogP contribution in [0.2, 0.25) is 0 Å². The molecule has 0 heterocycles. The van der Waals surface area contributed by atoms with Crippen LogP contribution in [0.3, 0.4) is 0 Å². The molecule has 0 saturated heterocycles. The van der Waals surface area contributed by atoms with Crippen molar-refractivity contribution in [3.05, 3.63) is 28.7 Å². The molecule has 1 aliphatic carbocycles. The minimum absolute atomic E-state index is 0.100. The number of benzene rings is 1. The molecule has 4 nitrogen and oxygen atoms in total. The van der Waals surface area contributed by atoms with E-state index in [9.17, 15) is 4.79 Å². The number of amides is 1. The van der Waals surface area contributed by atoms with Crippen molar-refractivity contribution in [2.24, 2.45) is 11.7 Å². The Hall–Kier alpha value is -0.910. The van der Waals surface area contributed by atoms with Gasteiger partial charge in [-0.25, -0.2) is 0 Å². The number of nitrogens with one attached hydrogen (secondary N) is 1. The SMILES string of the molecule is NCC1CC(OCC(=O)Nc2ccccc2Br)C1. The molecule has 1 saturated carbocycles. The molecule has 2 rings (SSSR count). The van der Waals surface area contributed by atoms with Gasteiger partial charge in [0.25, 0.3) is 0 Å². The Morgan fingerprint density at radius 3 is 2.83 bits per heavy atom. The molecule has 0 radical (unpaired) electrons. The molecule has 0 atom stereocenters. The van der Waals surface area contributed by atoms with Crippen LogP contribution in [0.5, 0.6) is 0 Å². The summed E-state index contributed by atoms with van der Waals surface area (Å²) >= 11 is 3.38. The van der Waals surface area contributed by atoms with Gasteiger partial charge in [0.15, 0.2) is 0 Å². The molecule has 0 unspecified atom stereocenters. The third kappa shape index (κ3) is 3.54. The van der Waals surface area contributed by atoms with Gasteiger partial charge in [0.2, 0.25) is 5.91 Å². The zero-order valence-corrected chi connectivity index (χ0v) is 11.7. The van der Waals surface area contributed by atoms with Gasteiger partial charge in [-0.3, -0.25) is 4.79 Å². The lowest BCUT2D eigenvalue weighted by Gasteiger charge is -2.33. The van der Waals surface area contributed by atoms with E-state index in [1.165, 1.54) is 0 Å². The molecule has 1 aromatic carbocycles. The van der Waals surface area contributed by atoms with Crippen molar-refractivity contribution in [2.75, 3.05) is 18.5 Å². The normalized spacial score (nSPS) is 22.3. The maximum Gasteiger partial charge on any atom is 0.250 e. The summed E-state index contributed by atoms with van der Waals surface area (Å²) in [5, 5.41) is 2.80. The van der Waals surface area contributed by atoms with E-state index in [0.29, 0.717) is 12.5 Å². The molecule has 0 spiro atoms. The second-order valence-electron chi connectivity index (χ2n) is 4.53. The van der Waals surface area contributed by atoms with Crippen LogP contribution in [0.4, 0.5) is 5.69 Å². The van der Waals surface area contributed by atoms with Crippen LogP contribution in [-0.4, -0.2) is 25.2 Å². The molecule has 0 bridgehead atoms. The van der Waals surface area contributed by atoms with Crippen LogP contribution in [-0.2, 0) is 9.53 Å². The van der Waals surface area contributed by atoms with Gasteiger partial charge in [0.1, 0.15) is 6.61 Å². The van der Waals surface area contributed by atoms with Gasteiger partial charge in [-0.05, 0) is 53.4 Å². The summed E-state index contributed by atoms with van der Waals surface area (Å²) in [5.74, 6) is 0.444. The van der Waals surface area contributed by atoms with E-state index in [1.807, 2.05) is 24.3 Å². The van der Waals surface area contributed by atoms with Crippen molar-refractivity contribution in [1.82, 2.24) is 0 Å². The highest BCUT2D eigenvalue weighted by molar-refractivity contribution is 9.10. The molecular formula is C13H17BrN2O2. The van der Waals surface area contributed by atoms with Gasteiger partial charge in [0, 0.05) is 4.47 Å². The van der Waals surface area contributed by atoms with Crippen LogP contribution >= 0.6 is 15.9 Å². The zero-order valence-electron chi connectivity index (χ0n) is 10.1. The molecule has 98 valence electrons. The third-order valence-corrected chi connectivity index (χ3v) is 3.82. The van der Waals surface area contributed by atoms with Gasteiger partial charge in [-0.2, -0.15) is 0 Å². The Morgan fingerprint density at radius 2 is 2.17 bits per heavy atom. The second-order valence-corrected chi connectivity index (χ2v) is 5.39. The Kier molecular flexibility index (Phi) is 4.74. The van der Waals surface area contributed by atoms with Gasteiger partial charge in [-0.15, -0.1) is 0 Å². The minimum Gasteiger partial charge on any atom is -0.368 e. The summed E-state index contributed by atoms with van der Waals surface area (Å²) < 4.78 is 6.37. The van der Waals surface area contributed by atoms with Crippen LogP contribution in [0.25, 0.3) is 0 Å². The Balaban J connectivity index is 1.71. The first kappa shape index (κ1) is 13.5. The van der Waals surface area contributed by atoms with E-state index < -0.39 is 0 Å². The minimum atomic E-state index is -0.127. The molecule has 5 heteroatoms. The van der Waals surface area contributed by atoms with Crippen molar-refractivity contribution in [2.45, 2.75) is 18.9 Å². The highest BCUT2D eigenvalue weighted by atomic mass is 79.9. The predicted molar refractivity (Wildman–Crippen MR) is 74.3 cm³/mol. The number of halogens is 1. The van der Waals surface area contributed by atoms with E-state index in [0.717, 1.165) is 23.0 Å². The number of ether oxygens (including phenoxy) is 1. The fourth-order valence-electron chi connectivity index (χ4n) is 1.95. The highest BCUT2D eigenvalue weighted by Crippen LogP contribution is 2.28. The fraction of sp³-hybridized carbons (Fsp3) is 0.462. The molecule has 1 aliphatic rings. The largest absolute Gasteiger partial charge is 0.368 e. The molecule has 1 fully saturated rings. The number of nitrogens with two attached hydrogens (primary N) is 1. The maximum atomic E-state index is 11.7. The fourth-order valence-corrected chi connectivity index (χ4v) is 2.33. The number of para-hydroxylation sites is 1. The average Bonchev–Trinajstić information content (AvgIpc) is 2.30. The lowest BCUT2D eigenvalue weighted by Crippen LogP contribution is -2.37. The molecule has 1 aromatic rings. The molecule has 0 aliphatic heterocycles. The smallest absolute Gasteiger partial charge is 0.250 e. The first-order valence-corrected chi connectivity index (χ1v) is 6.84. The number of hydrogen-bond acceptors (Lipinski definition) is 3. The van der Waals surface area contributed by atoms with Crippen LogP contribution in [0.1, 0.15) is 12.8 Å². The zero-order chi connectivity index (χ0) is 13.0. The highest BCUT2D eigenvalue weighted by Gasteiger charge is 2.28. The van der Waals surface area contributed by atoms with Crippen molar-refractivity contribution >= 4 is 27.5 Å². The summed E-state index contributed by atoms with van der Waals surface area (Å²) in [6.45, 7) is 0.812. The molecule has 18 heavy (non-hydrogen) atoms. The Morgan fingerprint density at radius 1 is 1.44 bits per heavy atom. The topological polar surface area (TPSA) is 64.3 Å². The van der Waals surface area contributed by atoms with E-state index >= 15 is 0 Å². The van der Waals surface area contributed by atoms with E-state index in [1.54, 1.807) is 0 Å². The van der Waals surface area contributed by atoms with Crippen molar-refractivity contribution < 1.29 is 9.53 Å². The number of anilines is 1. The lowest BCUT2D eigenvalue weighted by molar-refractivity contribution is -0.125. The molecule has 0 aromatic heterocycles. The Bertz CT molecular complexity index is 419. The standard InChI is InChI=1S/C13H17BrN2O2/c14-11-3-1-2-4-12(11)16-13(17)8-18-10-5-9(6-10)7-15/h1-4,9-10H,5-8,15H2,(H,16,17). The maximum absolute atomic E-state index is 11.7. The first-order valence-electron chi connectivity index (χ1n) is 6.05. The molecule has 3 N–H and O–H groups in total. The summed E-state index contributed by atoms with van der Waals surface area (Å²) in [7, 11) is 0. The third-order valence-electron chi connectivity index (χ3n) is 3.12. The van der Waals surface area contributed by atoms with E-state index in [4.69, 9.17) is 10.5 Å². The molecular weight excluding hydrogens is 296 g/mol. The average molecular weight is 313 g/mol. The summed E-state index contributed by atoms with van der Waals surface area (Å²) in [5.41, 5.74) is 6.29. The van der Waals surface area contributed by atoms with Crippen molar-refractivity contribution in [3.63, 3.8) is 0 Å².